The molecular weight excluding hydrogens is 202 g/mol. The van der Waals surface area contributed by atoms with E-state index in [1.807, 2.05) is 4.90 Å². The molecule has 1 saturated heterocycles. The van der Waals surface area contributed by atoms with E-state index >= 15 is 0 Å². The zero-order valence-corrected chi connectivity index (χ0v) is 10.4. The Morgan fingerprint density at radius 2 is 2.06 bits per heavy atom. The second-order valence-electron chi connectivity index (χ2n) is 4.97. The number of carbonyl (C=O) groups excluding carboxylic acids is 1. The second-order valence-corrected chi connectivity index (χ2v) is 4.97. The first kappa shape index (κ1) is 11.9. The summed E-state index contributed by atoms with van der Waals surface area (Å²) in [5.74, 6) is 0.305. The number of amides is 1. The normalized spacial score (nSPS) is 25.1. The fraction of sp³-hybridized carbons (Fsp3) is 0.917. The molecule has 92 valence electrons. The van der Waals surface area contributed by atoms with Gasteiger partial charge in [0, 0.05) is 25.2 Å². The molecular formula is C12H23N3O. The molecule has 1 aliphatic carbocycles. The molecule has 1 heterocycles. The summed E-state index contributed by atoms with van der Waals surface area (Å²) >= 11 is 0. The van der Waals surface area contributed by atoms with Crippen LogP contribution in [0.3, 0.4) is 0 Å². The van der Waals surface area contributed by atoms with Crippen molar-refractivity contribution in [2.45, 2.75) is 38.3 Å². The van der Waals surface area contributed by atoms with Crippen molar-refractivity contribution in [3.8, 4) is 0 Å². The van der Waals surface area contributed by atoms with E-state index < -0.39 is 0 Å². The summed E-state index contributed by atoms with van der Waals surface area (Å²) in [7, 11) is 2.07. The fourth-order valence-electron chi connectivity index (χ4n) is 2.47. The molecule has 4 nitrogen and oxygen atoms in total. The number of nitrogens with zero attached hydrogens (tertiary/aromatic N) is 2. The first-order valence-corrected chi connectivity index (χ1v) is 6.42. The highest BCUT2D eigenvalue weighted by Gasteiger charge is 2.32. The Morgan fingerprint density at radius 3 is 2.56 bits per heavy atom. The lowest BCUT2D eigenvalue weighted by molar-refractivity contribution is -0.132. The number of carbonyl (C=O) groups is 1. The van der Waals surface area contributed by atoms with Crippen molar-refractivity contribution in [2.75, 3.05) is 33.2 Å². The van der Waals surface area contributed by atoms with E-state index in [0.29, 0.717) is 24.5 Å². The minimum Gasteiger partial charge on any atom is -0.339 e. The molecule has 1 atom stereocenters. The van der Waals surface area contributed by atoms with Crippen LogP contribution in [0.2, 0.25) is 0 Å². The van der Waals surface area contributed by atoms with Crippen molar-refractivity contribution in [3.05, 3.63) is 0 Å². The summed E-state index contributed by atoms with van der Waals surface area (Å²) in [6.07, 6.45) is 3.57. The van der Waals surface area contributed by atoms with Crippen LogP contribution in [0.15, 0.2) is 0 Å². The minimum absolute atomic E-state index is 0.305. The Morgan fingerprint density at radius 1 is 1.31 bits per heavy atom. The van der Waals surface area contributed by atoms with Gasteiger partial charge in [-0.15, -0.1) is 0 Å². The summed E-state index contributed by atoms with van der Waals surface area (Å²) in [5.41, 5.74) is 0. The van der Waals surface area contributed by atoms with Crippen LogP contribution in [-0.4, -0.2) is 61.0 Å². The zero-order chi connectivity index (χ0) is 11.5. The first-order chi connectivity index (χ1) is 7.72. The van der Waals surface area contributed by atoms with Crippen molar-refractivity contribution < 1.29 is 4.79 Å². The number of rotatable bonds is 5. The average molecular weight is 225 g/mol. The topological polar surface area (TPSA) is 35.6 Å². The third-order valence-corrected chi connectivity index (χ3v) is 3.69. The van der Waals surface area contributed by atoms with E-state index in [1.165, 1.54) is 19.3 Å². The van der Waals surface area contributed by atoms with Crippen LogP contribution in [0, 0.1) is 0 Å². The highest BCUT2D eigenvalue weighted by atomic mass is 16.2. The van der Waals surface area contributed by atoms with E-state index in [1.54, 1.807) is 0 Å². The minimum atomic E-state index is 0.305. The maximum atomic E-state index is 12.1. The molecule has 0 bridgehead atoms. The Balaban J connectivity index is 1.80. The van der Waals surface area contributed by atoms with Gasteiger partial charge in [0.1, 0.15) is 0 Å². The van der Waals surface area contributed by atoms with Crippen LogP contribution in [0.4, 0.5) is 0 Å². The van der Waals surface area contributed by atoms with E-state index in [2.05, 4.69) is 24.2 Å². The molecule has 0 radical (unpaired) electrons. The molecule has 16 heavy (non-hydrogen) atoms. The molecule has 0 aromatic rings. The molecule has 0 aromatic heterocycles. The lowest BCUT2D eigenvalue weighted by Crippen LogP contribution is -2.44. The quantitative estimate of drug-likeness (QED) is 0.730. The van der Waals surface area contributed by atoms with Crippen LogP contribution in [0.5, 0.6) is 0 Å². The lowest BCUT2D eigenvalue weighted by Gasteiger charge is -2.27. The summed E-state index contributed by atoms with van der Waals surface area (Å²) in [6.45, 7) is 5.63. The summed E-state index contributed by atoms with van der Waals surface area (Å²) in [5, 5.41) is 3.34. The van der Waals surface area contributed by atoms with Crippen molar-refractivity contribution in [2.24, 2.45) is 0 Å². The summed E-state index contributed by atoms with van der Waals surface area (Å²) in [6, 6.07) is 1.09. The first-order valence-electron chi connectivity index (χ1n) is 6.42. The van der Waals surface area contributed by atoms with Gasteiger partial charge in [0.25, 0.3) is 0 Å². The van der Waals surface area contributed by atoms with E-state index in [4.69, 9.17) is 0 Å². The largest absolute Gasteiger partial charge is 0.339 e. The van der Waals surface area contributed by atoms with Crippen LogP contribution in [0.1, 0.15) is 26.2 Å². The maximum absolute atomic E-state index is 12.1. The van der Waals surface area contributed by atoms with Crippen LogP contribution < -0.4 is 5.32 Å². The van der Waals surface area contributed by atoms with Crippen molar-refractivity contribution in [1.29, 1.82) is 0 Å². The number of likely N-dealkylation sites (N-methyl/N-ethyl adjacent to an activating group) is 2. The Hall–Kier alpha value is -0.610. The Labute approximate surface area is 98.0 Å². The molecule has 2 rings (SSSR count). The number of hydrogen-bond acceptors (Lipinski definition) is 3. The van der Waals surface area contributed by atoms with Crippen molar-refractivity contribution in [1.82, 2.24) is 15.1 Å². The smallest absolute Gasteiger partial charge is 0.236 e. The molecule has 1 N–H and O–H groups in total. The van der Waals surface area contributed by atoms with Gasteiger partial charge in [-0.05, 0) is 39.8 Å². The monoisotopic (exact) mass is 225 g/mol. The zero-order valence-electron chi connectivity index (χ0n) is 10.4. The number of nitrogens with one attached hydrogen (secondary N) is 1. The third-order valence-electron chi connectivity index (χ3n) is 3.69. The standard InChI is InChI=1S/C12H23N3O/c1-3-15(10-4-5-10)12(16)9-14(2)11-6-7-13-8-11/h10-11,13H,3-9H2,1-2H3. The molecule has 1 aliphatic heterocycles. The molecule has 4 heteroatoms. The van der Waals surface area contributed by atoms with Crippen molar-refractivity contribution in [3.63, 3.8) is 0 Å². The SMILES string of the molecule is CCN(C(=O)CN(C)C1CCNC1)C1CC1. The number of hydrogen-bond donors (Lipinski definition) is 1. The van der Waals surface area contributed by atoms with Crippen LogP contribution in [-0.2, 0) is 4.79 Å². The van der Waals surface area contributed by atoms with Crippen molar-refractivity contribution >= 4 is 5.91 Å². The maximum Gasteiger partial charge on any atom is 0.236 e. The predicted molar refractivity (Wildman–Crippen MR) is 64.3 cm³/mol. The van der Waals surface area contributed by atoms with Gasteiger partial charge in [0.15, 0.2) is 0 Å². The Kier molecular flexibility index (Phi) is 3.82. The third kappa shape index (κ3) is 2.74. The predicted octanol–water partition coefficient (Wildman–Crippen LogP) is 0.291. The van der Waals surface area contributed by atoms with Gasteiger partial charge in [-0.3, -0.25) is 9.69 Å². The molecule has 1 unspecified atom stereocenters. The highest BCUT2D eigenvalue weighted by Crippen LogP contribution is 2.26. The molecule has 2 aliphatic rings. The highest BCUT2D eigenvalue weighted by molar-refractivity contribution is 5.78. The van der Waals surface area contributed by atoms with Gasteiger partial charge in [-0.2, -0.15) is 0 Å². The molecule has 0 aromatic carbocycles. The molecule has 1 amide bonds. The molecule has 0 spiro atoms. The Bertz CT molecular complexity index is 247. The summed E-state index contributed by atoms with van der Waals surface area (Å²) in [4.78, 5) is 16.3. The van der Waals surface area contributed by atoms with E-state index in [-0.39, 0.29) is 0 Å². The van der Waals surface area contributed by atoms with Gasteiger partial charge in [-0.25, -0.2) is 0 Å². The van der Waals surface area contributed by atoms with Gasteiger partial charge >= 0.3 is 0 Å². The van der Waals surface area contributed by atoms with Gasteiger partial charge < -0.3 is 10.2 Å². The van der Waals surface area contributed by atoms with E-state index in [0.717, 1.165) is 19.6 Å². The fourth-order valence-corrected chi connectivity index (χ4v) is 2.47. The van der Waals surface area contributed by atoms with E-state index in [9.17, 15) is 4.79 Å². The van der Waals surface area contributed by atoms with Gasteiger partial charge in [-0.1, -0.05) is 0 Å². The molecule has 1 saturated carbocycles. The van der Waals surface area contributed by atoms with Gasteiger partial charge in [0.05, 0.1) is 6.54 Å². The lowest BCUT2D eigenvalue weighted by atomic mass is 10.2. The van der Waals surface area contributed by atoms with Crippen LogP contribution in [0.25, 0.3) is 0 Å². The summed E-state index contributed by atoms with van der Waals surface area (Å²) < 4.78 is 0. The second kappa shape index (κ2) is 5.15. The van der Waals surface area contributed by atoms with Gasteiger partial charge in [0.2, 0.25) is 5.91 Å². The van der Waals surface area contributed by atoms with Crippen LogP contribution >= 0.6 is 0 Å². The molecule has 2 fully saturated rings. The average Bonchev–Trinajstić information content (AvgIpc) is 2.94.